The van der Waals surface area contributed by atoms with E-state index in [1.807, 2.05) is 0 Å². The molecular formula is C4H10O3SSi. The lowest BCUT2D eigenvalue weighted by Crippen LogP contribution is -2.28. The van der Waals surface area contributed by atoms with E-state index in [9.17, 15) is 4.21 Å². The second-order valence-electron chi connectivity index (χ2n) is 2.07. The van der Waals surface area contributed by atoms with Gasteiger partial charge in [-0.2, -0.15) is 0 Å². The molecule has 1 heterocycles. The molecule has 0 bridgehead atoms. The molecule has 0 aromatic rings. The standard InChI is InChI=1S/C4H10O3SSi/c5-8(6)9-4-2-1-3-7-9/h9H,1-4H2,(H,5,6). The largest absolute Gasteiger partial charge is 0.405 e. The Morgan fingerprint density at radius 1 is 1.56 bits per heavy atom. The van der Waals surface area contributed by atoms with Gasteiger partial charge in [0.25, 0.3) is 0 Å². The maximum atomic E-state index is 10.4. The van der Waals surface area contributed by atoms with Crippen LogP contribution in [0.4, 0.5) is 0 Å². The lowest BCUT2D eigenvalue weighted by atomic mass is 10.4. The SMILES string of the molecule is O=S(O)[SiH]1CCCCO1. The summed E-state index contributed by atoms with van der Waals surface area (Å²) >= 11 is 0. The molecule has 0 aromatic heterocycles. The van der Waals surface area contributed by atoms with Crippen LogP contribution < -0.4 is 0 Å². The van der Waals surface area contributed by atoms with E-state index in [4.69, 9.17) is 8.98 Å². The molecule has 1 aliphatic rings. The Hall–Kier alpha value is 0.287. The van der Waals surface area contributed by atoms with Crippen LogP contribution >= 0.6 is 0 Å². The van der Waals surface area contributed by atoms with Gasteiger partial charge in [-0.3, -0.25) is 0 Å². The molecular weight excluding hydrogens is 156 g/mol. The van der Waals surface area contributed by atoms with Gasteiger partial charge in [0.2, 0.25) is 0 Å². The molecule has 0 saturated carbocycles. The molecule has 0 spiro atoms. The third-order valence-electron chi connectivity index (χ3n) is 1.36. The first-order chi connectivity index (χ1) is 4.30. The van der Waals surface area contributed by atoms with Crippen molar-refractivity contribution in [3.8, 4) is 0 Å². The van der Waals surface area contributed by atoms with Gasteiger partial charge in [0.1, 0.15) is 10.5 Å². The quantitative estimate of drug-likeness (QED) is 0.448. The van der Waals surface area contributed by atoms with Crippen LogP contribution in [0.15, 0.2) is 0 Å². The molecule has 1 aliphatic heterocycles. The molecule has 1 rings (SSSR count). The highest BCUT2D eigenvalue weighted by Gasteiger charge is 2.21. The van der Waals surface area contributed by atoms with Crippen molar-refractivity contribution in [3.63, 3.8) is 0 Å². The molecule has 5 heteroatoms. The molecule has 54 valence electrons. The van der Waals surface area contributed by atoms with E-state index in [-0.39, 0.29) is 0 Å². The summed E-state index contributed by atoms with van der Waals surface area (Å²) in [5, 5.41) is 0. The molecule has 3 nitrogen and oxygen atoms in total. The van der Waals surface area contributed by atoms with E-state index in [0.29, 0.717) is 6.61 Å². The Balaban J connectivity index is 2.31. The minimum atomic E-state index is -1.67. The Morgan fingerprint density at radius 3 is 2.67 bits per heavy atom. The first kappa shape index (κ1) is 7.39. The van der Waals surface area contributed by atoms with E-state index < -0.39 is 18.7 Å². The van der Waals surface area contributed by atoms with E-state index in [0.717, 1.165) is 18.9 Å². The Morgan fingerprint density at radius 2 is 2.33 bits per heavy atom. The number of hydrogen-bond donors (Lipinski definition) is 1. The highest BCUT2D eigenvalue weighted by Crippen LogP contribution is 2.11. The van der Waals surface area contributed by atoms with Gasteiger partial charge in [0.05, 0.1) is 0 Å². The van der Waals surface area contributed by atoms with Crippen molar-refractivity contribution in [1.82, 2.24) is 0 Å². The van der Waals surface area contributed by atoms with Crippen LogP contribution in [0, 0.1) is 0 Å². The van der Waals surface area contributed by atoms with Gasteiger partial charge in [0, 0.05) is 6.61 Å². The minimum absolute atomic E-state index is 0.698. The zero-order valence-electron chi connectivity index (χ0n) is 5.08. The third kappa shape index (κ3) is 2.17. The van der Waals surface area contributed by atoms with Crippen LogP contribution in [0.2, 0.25) is 6.04 Å². The van der Waals surface area contributed by atoms with Crippen LogP contribution in [-0.2, 0) is 15.0 Å². The first-order valence-corrected chi connectivity index (χ1v) is 6.89. The zero-order valence-corrected chi connectivity index (χ0v) is 7.05. The molecule has 0 aromatic carbocycles. The summed E-state index contributed by atoms with van der Waals surface area (Å²) < 4.78 is 24.1. The molecule has 2 atom stereocenters. The molecule has 1 N–H and O–H groups in total. The van der Waals surface area contributed by atoms with Crippen LogP contribution in [0.5, 0.6) is 0 Å². The van der Waals surface area contributed by atoms with Crippen LogP contribution in [0.3, 0.4) is 0 Å². The second-order valence-corrected chi connectivity index (χ2v) is 7.18. The van der Waals surface area contributed by atoms with Crippen LogP contribution in [0.1, 0.15) is 12.8 Å². The minimum Gasteiger partial charge on any atom is -0.405 e. The van der Waals surface area contributed by atoms with E-state index in [1.165, 1.54) is 0 Å². The fourth-order valence-corrected chi connectivity index (χ4v) is 4.15. The molecule has 0 aliphatic carbocycles. The van der Waals surface area contributed by atoms with Crippen molar-refractivity contribution in [1.29, 1.82) is 0 Å². The van der Waals surface area contributed by atoms with Crippen LogP contribution in [0.25, 0.3) is 0 Å². The summed E-state index contributed by atoms with van der Waals surface area (Å²) in [6, 6.07) is 0.864. The molecule has 1 saturated heterocycles. The van der Waals surface area contributed by atoms with Gasteiger partial charge < -0.3 is 8.98 Å². The monoisotopic (exact) mass is 166 g/mol. The van der Waals surface area contributed by atoms with Crippen molar-refractivity contribution in [2.45, 2.75) is 18.9 Å². The number of hydrogen-bond acceptors (Lipinski definition) is 2. The van der Waals surface area contributed by atoms with Crippen molar-refractivity contribution in [2.24, 2.45) is 0 Å². The molecule has 9 heavy (non-hydrogen) atoms. The summed E-state index contributed by atoms with van der Waals surface area (Å²) in [5.74, 6) is 0. The van der Waals surface area contributed by atoms with E-state index >= 15 is 0 Å². The zero-order chi connectivity index (χ0) is 6.69. The Bertz CT molecular complexity index is 112. The van der Waals surface area contributed by atoms with Gasteiger partial charge >= 0.3 is 8.19 Å². The summed E-state index contributed by atoms with van der Waals surface area (Å²) in [5.41, 5.74) is 0. The van der Waals surface area contributed by atoms with Gasteiger partial charge in [0.15, 0.2) is 0 Å². The van der Waals surface area contributed by atoms with Crippen molar-refractivity contribution >= 4 is 18.7 Å². The molecule has 0 radical (unpaired) electrons. The summed E-state index contributed by atoms with van der Waals surface area (Å²) in [6.07, 6.45) is 2.13. The predicted octanol–water partition coefficient (Wildman–Crippen LogP) is 0.239. The van der Waals surface area contributed by atoms with Crippen molar-refractivity contribution < 1.29 is 13.2 Å². The van der Waals surface area contributed by atoms with Gasteiger partial charge in [-0.25, -0.2) is 4.21 Å². The molecule has 0 amide bonds. The Labute approximate surface area is 58.1 Å². The van der Waals surface area contributed by atoms with Crippen molar-refractivity contribution in [3.05, 3.63) is 0 Å². The maximum absolute atomic E-state index is 10.4. The topological polar surface area (TPSA) is 46.5 Å². The van der Waals surface area contributed by atoms with Crippen LogP contribution in [-0.4, -0.2) is 23.6 Å². The highest BCUT2D eigenvalue weighted by atomic mass is 32.4. The van der Waals surface area contributed by atoms with E-state index in [1.54, 1.807) is 0 Å². The van der Waals surface area contributed by atoms with E-state index in [2.05, 4.69) is 0 Å². The Kier molecular flexibility index (Phi) is 2.84. The molecule has 1 fully saturated rings. The predicted molar refractivity (Wildman–Crippen MR) is 37.9 cm³/mol. The summed E-state index contributed by atoms with van der Waals surface area (Å²) in [7, 11) is -3.31. The van der Waals surface area contributed by atoms with Gasteiger partial charge in [-0.15, -0.1) is 0 Å². The van der Waals surface area contributed by atoms with Crippen molar-refractivity contribution in [2.75, 3.05) is 6.61 Å². The second kappa shape index (κ2) is 3.45. The average molecular weight is 166 g/mol. The summed E-state index contributed by atoms with van der Waals surface area (Å²) in [6.45, 7) is 0.698. The van der Waals surface area contributed by atoms with Gasteiger partial charge in [-0.1, -0.05) is 6.42 Å². The highest BCUT2D eigenvalue weighted by molar-refractivity contribution is 8.08. The molecule has 2 unspecified atom stereocenters. The fourth-order valence-electron chi connectivity index (χ4n) is 0.870. The number of rotatable bonds is 1. The fraction of sp³-hybridized carbons (Fsp3) is 1.00. The normalized spacial score (nSPS) is 31.9. The maximum Gasteiger partial charge on any atom is 0.310 e. The lowest BCUT2D eigenvalue weighted by molar-refractivity contribution is 0.296. The van der Waals surface area contributed by atoms with Gasteiger partial charge in [-0.05, 0) is 12.5 Å². The lowest BCUT2D eigenvalue weighted by Gasteiger charge is -2.16. The summed E-state index contributed by atoms with van der Waals surface area (Å²) in [4.78, 5) is 0. The average Bonchev–Trinajstić information content (AvgIpc) is 1.90. The smallest absolute Gasteiger partial charge is 0.310 e. The third-order valence-corrected chi connectivity index (χ3v) is 5.76. The first-order valence-electron chi connectivity index (χ1n) is 3.02.